The summed E-state index contributed by atoms with van der Waals surface area (Å²) in [6, 6.07) is 2.16. The minimum atomic E-state index is -0.492. The van der Waals surface area contributed by atoms with Gasteiger partial charge in [0.15, 0.2) is 5.82 Å². The molecule has 11 heteroatoms. The number of aromatic nitrogens is 3. The average molecular weight is 610 g/mol. The fourth-order valence-electron chi connectivity index (χ4n) is 5.31. The van der Waals surface area contributed by atoms with Gasteiger partial charge in [-0.25, -0.2) is 9.37 Å². The molecule has 1 aromatic carbocycles. The van der Waals surface area contributed by atoms with Crippen LogP contribution in [-0.4, -0.2) is 42.1 Å². The van der Waals surface area contributed by atoms with Crippen molar-refractivity contribution in [2.24, 2.45) is 5.92 Å². The Morgan fingerprint density at radius 2 is 1.88 bits per heavy atom. The van der Waals surface area contributed by atoms with Crippen molar-refractivity contribution in [3.8, 4) is 17.3 Å². The third-order valence-electron chi connectivity index (χ3n) is 7.54. The Hall–Kier alpha value is -3.12. The van der Waals surface area contributed by atoms with Crippen molar-refractivity contribution in [2.75, 3.05) is 42.7 Å². The lowest BCUT2D eigenvalue weighted by Crippen LogP contribution is -2.24. The number of rotatable bonds is 4. The Morgan fingerprint density at radius 3 is 2.48 bits per heavy atom. The number of nitrogens with two attached hydrogens (primary N) is 1. The number of pyridine rings is 1. The summed E-state index contributed by atoms with van der Waals surface area (Å²) in [6.45, 7) is 13.2. The summed E-state index contributed by atoms with van der Waals surface area (Å²) in [5, 5.41) is 12.3. The number of halogens is 1. The van der Waals surface area contributed by atoms with E-state index in [2.05, 4.69) is 46.0 Å². The van der Waals surface area contributed by atoms with Gasteiger partial charge in [0.1, 0.15) is 16.9 Å². The van der Waals surface area contributed by atoms with Crippen LogP contribution < -0.4 is 20.8 Å². The minimum Gasteiger partial charge on any atom is -0.389 e. The quantitative estimate of drug-likeness (QED) is 0.253. The number of nitriles is 1. The number of hydrogen-bond acceptors (Lipinski definition) is 9. The second kappa shape index (κ2) is 13.5. The Morgan fingerprint density at radius 1 is 1.19 bits per heavy atom. The number of unbranched alkanes of at least 4 members (excludes halogenated alkanes) is 1. The van der Waals surface area contributed by atoms with Crippen LogP contribution in [0.5, 0.6) is 0 Å². The van der Waals surface area contributed by atoms with E-state index >= 15 is 0 Å². The first-order chi connectivity index (χ1) is 20.2. The van der Waals surface area contributed by atoms with Gasteiger partial charge in [-0.3, -0.25) is 4.98 Å². The van der Waals surface area contributed by atoms with Gasteiger partial charge in [-0.2, -0.15) is 10.2 Å². The summed E-state index contributed by atoms with van der Waals surface area (Å²) >= 11 is 1.07. The predicted octanol–water partition coefficient (Wildman–Crippen LogP) is 6.77. The molecular formula is C31H41FN7OPS. The molecule has 2 unspecified atom stereocenters. The highest BCUT2D eigenvalue weighted by Gasteiger charge is 2.31. The first-order valence-corrected chi connectivity index (χ1v) is 16.0. The minimum absolute atomic E-state index is 0.248. The predicted molar refractivity (Wildman–Crippen MR) is 177 cm³/mol. The van der Waals surface area contributed by atoms with Crippen molar-refractivity contribution >= 4 is 63.6 Å². The molecule has 0 bridgehead atoms. The van der Waals surface area contributed by atoms with Crippen molar-refractivity contribution in [3.05, 3.63) is 28.7 Å². The smallest absolute Gasteiger partial charge is 0.227 e. The summed E-state index contributed by atoms with van der Waals surface area (Å²) in [7, 11) is 6.79. The zero-order chi connectivity index (χ0) is 30.7. The van der Waals surface area contributed by atoms with Crippen LogP contribution in [0.3, 0.4) is 0 Å². The van der Waals surface area contributed by atoms with Crippen molar-refractivity contribution in [3.63, 3.8) is 0 Å². The number of anilines is 3. The van der Waals surface area contributed by atoms with Gasteiger partial charge < -0.3 is 20.3 Å². The molecular weight excluding hydrogens is 568 g/mol. The molecule has 0 radical (unpaired) electrons. The second-order valence-electron chi connectivity index (χ2n) is 10.7. The molecule has 8 nitrogen and oxygen atoms in total. The summed E-state index contributed by atoms with van der Waals surface area (Å²) in [6.07, 6.45) is 4.94. The highest BCUT2D eigenvalue weighted by Crippen LogP contribution is 2.44. The topological polar surface area (TPSA) is 104 Å². The molecule has 6 rings (SSSR count). The molecule has 1 fully saturated rings. The molecule has 2 aliphatic rings. The fourth-order valence-corrected chi connectivity index (χ4v) is 6.75. The molecule has 0 saturated carbocycles. The molecule has 0 spiro atoms. The van der Waals surface area contributed by atoms with Gasteiger partial charge in [0, 0.05) is 48.8 Å². The van der Waals surface area contributed by atoms with E-state index in [0.29, 0.717) is 40.9 Å². The van der Waals surface area contributed by atoms with Crippen LogP contribution in [-0.2, 0) is 18.0 Å². The third kappa shape index (κ3) is 5.62. The highest BCUT2D eigenvalue weighted by atomic mass is 32.1. The SMILES string of the molecule is CC.CC1CCN(c2nc(N(C)C)c3c4c(c(-c5ncc(F)c6sc(N)c(C#N)c56)c(P)c3n2)COC4)C1.CCCC. The van der Waals surface area contributed by atoms with E-state index in [4.69, 9.17) is 20.4 Å². The highest BCUT2D eigenvalue weighted by molar-refractivity contribution is 7.29. The fraction of sp³-hybridized carbons (Fsp3) is 0.484. The van der Waals surface area contributed by atoms with E-state index in [1.165, 1.54) is 19.0 Å². The van der Waals surface area contributed by atoms with Crippen LogP contribution >= 0.6 is 20.6 Å². The third-order valence-corrected chi connectivity index (χ3v) is 9.13. The van der Waals surface area contributed by atoms with Gasteiger partial charge in [0.25, 0.3) is 0 Å². The van der Waals surface area contributed by atoms with Crippen molar-refractivity contribution in [1.29, 1.82) is 5.26 Å². The maximum Gasteiger partial charge on any atom is 0.227 e. The van der Waals surface area contributed by atoms with E-state index in [9.17, 15) is 9.65 Å². The standard InChI is InChI=1S/C25H25FN7OPS.C4H10.C2H6/c1-11-4-5-33(8-11)25-30-20-18(24(31-25)32(2)3)14-10-34-9-13(14)16(21(20)35)19-17-12(6-27)23(28)36-22(17)15(26)7-29-19;1-3-4-2;1-2/h7,11H,4-5,8-10,28,35H2,1-3H3;3-4H2,1-2H3;1-2H3. The van der Waals surface area contributed by atoms with Crippen LogP contribution in [0.2, 0.25) is 0 Å². The maximum absolute atomic E-state index is 14.8. The summed E-state index contributed by atoms with van der Waals surface area (Å²) in [5.41, 5.74) is 10.4. The normalized spacial score (nSPS) is 15.6. The lowest BCUT2D eigenvalue weighted by atomic mass is 9.94. The summed E-state index contributed by atoms with van der Waals surface area (Å²) in [4.78, 5) is 18.8. The number of thiophene rings is 1. The van der Waals surface area contributed by atoms with Crippen molar-refractivity contribution in [1.82, 2.24) is 15.0 Å². The first-order valence-electron chi connectivity index (χ1n) is 14.6. The molecule has 3 aromatic heterocycles. The Kier molecular flexibility index (Phi) is 10.2. The molecule has 42 heavy (non-hydrogen) atoms. The Bertz CT molecular complexity index is 1650. The van der Waals surface area contributed by atoms with Gasteiger partial charge in [0.2, 0.25) is 5.95 Å². The van der Waals surface area contributed by atoms with Gasteiger partial charge in [-0.05, 0) is 23.5 Å². The number of ether oxygens (including phenoxy) is 1. The van der Waals surface area contributed by atoms with Crippen LogP contribution in [0.25, 0.3) is 32.2 Å². The van der Waals surface area contributed by atoms with E-state index in [1.807, 2.05) is 32.8 Å². The largest absolute Gasteiger partial charge is 0.389 e. The van der Waals surface area contributed by atoms with Crippen LogP contribution in [0.15, 0.2) is 6.20 Å². The number of hydrogen-bond donors (Lipinski definition) is 1. The maximum atomic E-state index is 14.8. The van der Waals surface area contributed by atoms with Crippen LogP contribution in [0.4, 0.5) is 21.2 Å². The van der Waals surface area contributed by atoms with Crippen molar-refractivity contribution in [2.45, 2.75) is 67.1 Å². The first kappa shape index (κ1) is 31.8. The molecule has 5 heterocycles. The van der Waals surface area contributed by atoms with Crippen LogP contribution in [0.1, 0.15) is 70.6 Å². The molecule has 2 aliphatic heterocycles. The zero-order valence-electron chi connectivity index (χ0n) is 25.6. The lowest BCUT2D eigenvalue weighted by Gasteiger charge is -2.23. The molecule has 0 amide bonds. The number of nitrogen functional groups attached to an aromatic ring is 1. The zero-order valence-corrected chi connectivity index (χ0v) is 27.6. The molecule has 4 aromatic rings. The van der Waals surface area contributed by atoms with Crippen molar-refractivity contribution < 1.29 is 9.13 Å². The monoisotopic (exact) mass is 609 g/mol. The number of fused-ring (bicyclic) bond motifs is 4. The molecule has 224 valence electrons. The molecule has 1 saturated heterocycles. The van der Waals surface area contributed by atoms with Gasteiger partial charge in [-0.15, -0.1) is 20.6 Å². The number of benzene rings is 1. The lowest BCUT2D eigenvalue weighted by molar-refractivity contribution is 0.135. The van der Waals surface area contributed by atoms with E-state index in [-0.39, 0.29) is 10.6 Å². The average Bonchev–Trinajstić information content (AvgIpc) is 3.73. The Balaban J connectivity index is 0.000000624. The second-order valence-corrected chi connectivity index (χ2v) is 12.3. The number of nitrogens with zero attached hydrogens (tertiary/aromatic N) is 6. The molecule has 2 N–H and O–H groups in total. The molecule has 2 atom stereocenters. The van der Waals surface area contributed by atoms with E-state index in [0.717, 1.165) is 69.6 Å². The van der Waals surface area contributed by atoms with E-state index < -0.39 is 5.82 Å². The summed E-state index contributed by atoms with van der Waals surface area (Å²) in [5.74, 6) is 1.62. The van der Waals surface area contributed by atoms with Crippen LogP contribution in [0, 0.1) is 23.1 Å². The Labute approximate surface area is 254 Å². The molecule has 0 aliphatic carbocycles. The van der Waals surface area contributed by atoms with Gasteiger partial charge >= 0.3 is 0 Å². The van der Waals surface area contributed by atoms with Gasteiger partial charge in [0.05, 0.1) is 40.9 Å². The van der Waals surface area contributed by atoms with Gasteiger partial charge in [-0.1, -0.05) is 47.5 Å². The summed E-state index contributed by atoms with van der Waals surface area (Å²) < 4.78 is 21.0. The van der Waals surface area contributed by atoms with E-state index in [1.54, 1.807) is 0 Å².